The van der Waals surface area contributed by atoms with Crippen LogP contribution < -0.4 is 5.73 Å². The fourth-order valence-electron chi connectivity index (χ4n) is 2.48. The van der Waals surface area contributed by atoms with Gasteiger partial charge in [-0.2, -0.15) is 0 Å². The molecule has 0 radical (unpaired) electrons. The van der Waals surface area contributed by atoms with Gasteiger partial charge in [-0.3, -0.25) is 4.90 Å². The first-order valence-corrected chi connectivity index (χ1v) is 7.62. The molecule has 0 saturated carbocycles. The number of nitrogens with zero attached hydrogens (tertiary/aromatic N) is 1. The molecule has 0 aliphatic rings. The average molecular weight is 301 g/mol. The van der Waals surface area contributed by atoms with E-state index >= 15 is 0 Å². The third kappa shape index (κ3) is 5.04. The van der Waals surface area contributed by atoms with Crippen LogP contribution in [0.1, 0.15) is 39.3 Å². The highest BCUT2D eigenvalue weighted by Crippen LogP contribution is 2.25. The Kier molecular flexibility index (Phi) is 6.93. The monoisotopic (exact) mass is 300 g/mol. The van der Waals surface area contributed by atoms with Crippen molar-refractivity contribution in [1.82, 2.24) is 4.90 Å². The lowest BCUT2D eigenvalue weighted by Crippen LogP contribution is -2.38. The number of hydrogen-bond acceptors (Lipinski definition) is 2. The molecule has 0 saturated heterocycles. The van der Waals surface area contributed by atoms with Crippen LogP contribution in [0, 0.1) is 17.7 Å². The predicted octanol–water partition coefficient (Wildman–Crippen LogP) is 4.09. The number of nitrogens with two attached hydrogens (primary N) is 1. The smallest absolute Gasteiger partial charge is 0.142 e. The Morgan fingerprint density at radius 3 is 2.10 bits per heavy atom. The van der Waals surface area contributed by atoms with Crippen molar-refractivity contribution in [1.29, 1.82) is 0 Å². The molecule has 1 aromatic carbocycles. The Morgan fingerprint density at radius 1 is 1.15 bits per heavy atom. The SMILES string of the molecule is CC(C)CN(CC(C)C)C(CN)c1ccc(Cl)c(F)c1. The topological polar surface area (TPSA) is 29.3 Å². The molecule has 20 heavy (non-hydrogen) atoms. The molecule has 0 amide bonds. The summed E-state index contributed by atoms with van der Waals surface area (Å²) in [4.78, 5) is 2.35. The van der Waals surface area contributed by atoms with Crippen LogP contribution in [0.3, 0.4) is 0 Å². The molecule has 1 unspecified atom stereocenters. The Labute approximate surface area is 127 Å². The largest absolute Gasteiger partial charge is 0.329 e. The molecule has 4 heteroatoms. The fraction of sp³-hybridized carbons (Fsp3) is 0.625. The van der Waals surface area contributed by atoms with Crippen LogP contribution in [0.25, 0.3) is 0 Å². The van der Waals surface area contributed by atoms with Crippen LogP contribution in [0.15, 0.2) is 18.2 Å². The van der Waals surface area contributed by atoms with Crippen LogP contribution in [0.2, 0.25) is 5.02 Å². The van der Waals surface area contributed by atoms with E-state index in [2.05, 4.69) is 32.6 Å². The number of halogens is 2. The molecule has 2 N–H and O–H groups in total. The van der Waals surface area contributed by atoms with E-state index in [0.29, 0.717) is 18.4 Å². The number of benzene rings is 1. The standard InChI is InChI=1S/C16H26ClFN2/c1-11(2)9-20(10-12(3)4)16(8-19)13-5-6-14(17)15(18)7-13/h5-7,11-12,16H,8-10,19H2,1-4H3. The van der Waals surface area contributed by atoms with Gasteiger partial charge < -0.3 is 5.73 Å². The Morgan fingerprint density at radius 2 is 1.70 bits per heavy atom. The van der Waals surface area contributed by atoms with Crippen LogP contribution in [-0.2, 0) is 0 Å². The normalized spacial score (nSPS) is 13.5. The van der Waals surface area contributed by atoms with Gasteiger partial charge >= 0.3 is 0 Å². The molecule has 1 atom stereocenters. The predicted molar refractivity (Wildman–Crippen MR) is 84.5 cm³/mol. The van der Waals surface area contributed by atoms with Crippen molar-refractivity contribution in [2.24, 2.45) is 17.6 Å². The number of hydrogen-bond donors (Lipinski definition) is 1. The zero-order valence-corrected chi connectivity index (χ0v) is 13.6. The van der Waals surface area contributed by atoms with Gasteiger partial charge in [-0.1, -0.05) is 45.4 Å². The summed E-state index contributed by atoms with van der Waals surface area (Å²) in [5.41, 5.74) is 6.85. The molecule has 0 aromatic heterocycles. The minimum atomic E-state index is -0.378. The molecule has 114 valence electrons. The quantitative estimate of drug-likeness (QED) is 0.821. The van der Waals surface area contributed by atoms with E-state index in [1.54, 1.807) is 6.07 Å². The molecule has 0 heterocycles. The van der Waals surface area contributed by atoms with Crippen molar-refractivity contribution in [3.63, 3.8) is 0 Å². The van der Waals surface area contributed by atoms with Crippen molar-refractivity contribution < 1.29 is 4.39 Å². The first-order valence-electron chi connectivity index (χ1n) is 7.24. The van der Waals surface area contributed by atoms with E-state index in [1.165, 1.54) is 6.07 Å². The van der Waals surface area contributed by atoms with Gasteiger partial charge in [0, 0.05) is 25.7 Å². The zero-order chi connectivity index (χ0) is 15.3. The maximum Gasteiger partial charge on any atom is 0.142 e. The van der Waals surface area contributed by atoms with E-state index in [0.717, 1.165) is 18.7 Å². The van der Waals surface area contributed by atoms with Gasteiger partial charge in [-0.15, -0.1) is 0 Å². The van der Waals surface area contributed by atoms with Crippen LogP contribution in [0.4, 0.5) is 4.39 Å². The third-order valence-electron chi connectivity index (χ3n) is 3.19. The van der Waals surface area contributed by atoms with Gasteiger partial charge in [0.25, 0.3) is 0 Å². The van der Waals surface area contributed by atoms with Gasteiger partial charge in [0.05, 0.1) is 5.02 Å². The summed E-state index contributed by atoms with van der Waals surface area (Å²) in [5, 5.41) is 0.156. The lowest BCUT2D eigenvalue weighted by Gasteiger charge is -2.34. The van der Waals surface area contributed by atoms with Crippen LogP contribution in [-0.4, -0.2) is 24.5 Å². The average Bonchev–Trinajstić information content (AvgIpc) is 2.33. The molecular weight excluding hydrogens is 275 g/mol. The first-order chi connectivity index (χ1) is 9.35. The van der Waals surface area contributed by atoms with Crippen molar-refractivity contribution >= 4 is 11.6 Å². The minimum Gasteiger partial charge on any atom is -0.329 e. The summed E-state index contributed by atoms with van der Waals surface area (Å²) in [6.45, 7) is 11.1. The van der Waals surface area contributed by atoms with Crippen molar-refractivity contribution in [2.45, 2.75) is 33.7 Å². The van der Waals surface area contributed by atoms with Crippen LogP contribution in [0.5, 0.6) is 0 Å². The summed E-state index contributed by atoms with van der Waals surface area (Å²) in [7, 11) is 0. The highest BCUT2D eigenvalue weighted by atomic mass is 35.5. The van der Waals surface area contributed by atoms with Crippen molar-refractivity contribution in [3.05, 3.63) is 34.6 Å². The lowest BCUT2D eigenvalue weighted by molar-refractivity contribution is 0.160. The molecule has 0 bridgehead atoms. The van der Waals surface area contributed by atoms with E-state index < -0.39 is 0 Å². The summed E-state index contributed by atoms with van der Waals surface area (Å²) in [5.74, 6) is 0.705. The zero-order valence-electron chi connectivity index (χ0n) is 12.9. The molecule has 1 rings (SSSR count). The fourth-order valence-corrected chi connectivity index (χ4v) is 2.60. The minimum absolute atomic E-state index is 0.0339. The van der Waals surface area contributed by atoms with E-state index in [-0.39, 0.29) is 16.9 Å². The van der Waals surface area contributed by atoms with Gasteiger partial charge in [-0.05, 0) is 29.5 Å². The molecule has 1 aromatic rings. The molecule has 0 fully saturated rings. The summed E-state index contributed by atoms with van der Waals surface area (Å²) >= 11 is 5.76. The van der Waals surface area contributed by atoms with Crippen LogP contribution >= 0.6 is 11.6 Å². The highest BCUT2D eigenvalue weighted by molar-refractivity contribution is 6.30. The van der Waals surface area contributed by atoms with E-state index in [9.17, 15) is 4.39 Å². The second kappa shape index (κ2) is 7.96. The second-order valence-electron chi connectivity index (χ2n) is 6.17. The molecule has 0 aliphatic carbocycles. The van der Waals surface area contributed by atoms with Gasteiger partial charge in [0.2, 0.25) is 0 Å². The highest BCUT2D eigenvalue weighted by Gasteiger charge is 2.21. The van der Waals surface area contributed by atoms with E-state index in [1.807, 2.05) is 6.07 Å². The molecular formula is C16H26ClFN2. The first kappa shape index (κ1) is 17.4. The summed E-state index contributed by atoms with van der Waals surface area (Å²) in [6.07, 6.45) is 0. The van der Waals surface area contributed by atoms with Gasteiger partial charge in [0.15, 0.2) is 0 Å². The van der Waals surface area contributed by atoms with Crippen molar-refractivity contribution in [2.75, 3.05) is 19.6 Å². The van der Waals surface area contributed by atoms with Gasteiger partial charge in [0.1, 0.15) is 5.82 Å². The maximum atomic E-state index is 13.7. The second-order valence-corrected chi connectivity index (χ2v) is 6.57. The molecule has 0 aliphatic heterocycles. The third-order valence-corrected chi connectivity index (χ3v) is 3.50. The molecule has 0 spiro atoms. The number of rotatable bonds is 7. The Bertz CT molecular complexity index is 411. The van der Waals surface area contributed by atoms with Gasteiger partial charge in [-0.25, -0.2) is 4.39 Å². The summed E-state index contributed by atoms with van der Waals surface area (Å²) < 4.78 is 13.7. The van der Waals surface area contributed by atoms with E-state index in [4.69, 9.17) is 17.3 Å². The molecule has 2 nitrogen and oxygen atoms in total. The lowest BCUT2D eigenvalue weighted by atomic mass is 10.0. The maximum absolute atomic E-state index is 13.7. The summed E-state index contributed by atoms with van der Waals surface area (Å²) in [6, 6.07) is 5.02. The Balaban J connectivity index is 3.01. The Hall–Kier alpha value is -0.640. The van der Waals surface area contributed by atoms with Crippen molar-refractivity contribution in [3.8, 4) is 0 Å².